The van der Waals surface area contributed by atoms with Crippen molar-refractivity contribution in [3.05, 3.63) is 47.7 Å². The maximum Gasteiger partial charge on any atom is 0.260 e. The molecule has 102 valence electrons. The topological polar surface area (TPSA) is 66.1 Å². The molecule has 0 fully saturated rings. The van der Waals surface area contributed by atoms with Gasteiger partial charge in [0.15, 0.2) is 16.7 Å². The van der Waals surface area contributed by atoms with Gasteiger partial charge in [0, 0.05) is 13.6 Å². The summed E-state index contributed by atoms with van der Waals surface area (Å²) in [5, 5.41) is 5.86. The van der Waals surface area contributed by atoms with E-state index < -0.39 is 21.7 Å². The van der Waals surface area contributed by atoms with Crippen LogP contribution in [0.2, 0.25) is 0 Å². The molecule has 0 aliphatic heterocycles. The van der Waals surface area contributed by atoms with Crippen LogP contribution < -0.4 is 0 Å². The second kappa shape index (κ2) is 5.06. The van der Waals surface area contributed by atoms with Gasteiger partial charge in [0.05, 0.1) is 6.20 Å². The van der Waals surface area contributed by atoms with Gasteiger partial charge in [0.25, 0.3) is 10.0 Å². The summed E-state index contributed by atoms with van der Waals surface area (Å²) < 4.78 is 50.9. The van der Waals surface area contributed by atoms with Crippen molar-refractivity contribution in [3.63, 3.8) is 0 Å². The molecule has 2 rings (SSSR count). The molecule has 0 amide bonds. The molecule has 1 heterocycles. The molecule has 8 heteroatoms. The number of hydrogen-bond acceptors (Lipinski definition) is 3. The van der Waals surface area contributed by atoms with Crippen molar-refractivity contribution in [1.29, 1.82) is 0 Å². The normalized spacial score (nSPS) is 12.0. The van der Waals surface area contributed by atoms with E-state index in [2.05, 4.69) is 10.2 Å². The standard InChI is InChI=1S/C11H11F2N3O2S/c1-16(19(17,18)11-4-5-14-15-11)7-8-2-3-9(12)10(13)6-8/h2-6H,7H2,1H3,(H,14,15). The molecular weight excluding hydrogens is 276 g/mol. The third kappa shape index (κ3) is 2.79. The number of aromatic amines is 1. The van der Waals surface area contributed by atoms with Crippen molar-refractivity contribution >= 4 is 10.0 Å². The maximum atomic E-state index is 13.0. The fraction of sp³-hybridized carbons (Fsp3) is 0.182. The number of H-pyrrole nitrogens is 1. The van der Waals surface area contributed by atoms with Crippen LogP contribution in [0.3, 0.4) is 0 Å². The molecule has 0 saturated carbocycles. The van der Waals surface area contributed by atoms with Gasteiger partial charge in [-0.15, -0.1) is 0 Å². The quantitative estimate of drug-likeness (QED) is 0.927. The molecule has 0 saturated heterocycles. The van der Waals surface area contributed by atoms with E-state index in [-0.39, 0.29) is 11.6 Å². The minimum atomic E-state index is -3.72. The number of hydrogen-bond donors (Lipinski definition) is 1. The van der Waals surface area contributed by atoms with Gasteiger partial charge in [-0.2, -0.15) is 9.40 Å². The first kappa shape index (κ1) is 13.6. The van der Waals surface area contributed by atoms with Gasteiger partial charge in [-0.1, -0.05) is 6.07 Å². The molecule has 0 atom stereocenters. The number of nitrogens with zero attached hydrogens (tertiary/aromatic N) is 2. The molecule has 0 bridgehead atoms. The van der Waals surface area contributed by atoms with E-state index in [1.54, 1.807) is 0 Å². The molecule has 0 aliphatic carbocycles. The average molecular weight is 287 g/mol. The van der Waals surface area contributed by atoms with Crippen molar-refractivity contribution in [2.75, 3.05) is 7.05 Å². The molecule has 1 N–H and O–H groups in total. The maximum absolute atomic E-state index is 13.0. The van der Waals surface area contributed by atoms with Gasteiger partial charge in [-0.05, 0) is 23.8 Å². The fourth-order valence-electron chi connectivity index (χ4n) is 1.53. The summed E-state index contributed by atoms with van der Waals surface area (Å²) in [4.78, 5) is 0. The van der Waals surface area contributed by atoms with Crippen molar-refractivity contribution in [3.8, 4) is 0 Å². The van der Waals surface area contributed by atoms with E-state index in [0.29, 0.717) is 5.56 Å². The number of aromatic nitrogens is 2. The monoisotopic (exact) mass is 287 g/mol. The van der Waals surface area contributed by atoms with Crippen molar-refractivity contribution in [2.45, 2.75) is 11.6 Å². The predicted molar refractivity (Wildman–Crippen MR) is 63.6 cm³/mol. The number of rotatable bonds is 4. The zero-order valence-electron chi connectivity index (χ0n) is 9.97. The van der Waals surface area contributed by atoms with Gasteiger partial charge in [-0.25, -0.2) is 17.2 Å². The van der Waals surface area contributed by atoms with Gasteiger partial charge in [0.1, 0.15) is 0 Å². The van der Waals surface area contributed by atoms with Gasteiger partial charge in [-0.3, -0.25) is 5.10 Å². The molecule has 2 aromatic rings. The van der Waals surface area contributed by atoms with Gasteiger partial charge >= 0.3 is 0 Å². The Morgan fingerprint density at radius 2 is 2.00 bits per heavy atom. The van der Waals surface area contributed by atoms with Crippen molar-refractivity contribution in [2.24, 2.45) is 0 Å². The van der Waals surface area contributed by atoms with Crippen molar-refractivity contribution < 1.29 is 17.2 Å². The van der Waals surface area contributed by atoms with E-state index in [9.17, 15) is 17.2 Å². The number of sulfonamides is 1. The highest BCUT2D eigenvalue weighted by molar-refractivity contribution is 7.89. The van der Waals surface area contributed by atoms with Crippen molar-refractivity contribution in [1.82, 2.24) is 14.5 Å². The third-order valence-electron chi connectivity index (χ3n) is 2.55. The highest BCUT2D eigenvalue weighted by Crippen LogP contribution is 2.15. The summed E-state index contributed by atoms with van der Waals surface area (Å²) in [5.41, 5.74) is 0.351. The minimum Gasteiger partial charge on any atom is -0.266 e. The van der Waals surface area contributed by atoms with Crippen LogP contribution in [-0.4, -0.2) is 30.0 Å². The SMILES string of the molecule is CN(Cc1ccc(F)c(F)c1)S(=O)(=O)c1ccn[nH]1. The fourth-order valence-corrected chi connectivity index (χ4v) is 2.59. The van der Waals surface area contributed by atoms with E-state index in [4.69, 9.17) is 0 Å². The third-order valence-corrected chi connectivity index (χ3v) is 4.29. The zero-order valence-corrected chi connectivity index (χ0v) is 10.8. The van der Waals surface area contributed by atoms with Crippen LogP contribution in [-0.2, 0) is 16.6 Å². The average Bonchev–Trinajstić information content (AvgIpc) is 2.88. The molecule has 1 aromatic heterocycles. The Labute approximate surface area is 108 Å². The Morgan fingerprint density at radius 1 is 1.26 bits per heavy atom. The van der Waals surface area contributed by atoms with Crippen LogP contribution in [0.5, 0.6) is 0 Å². The molecule has 1 aromatic carbocycles. The summed E-state index contributed by atoms with van der Waals surface area (Å²) in [5.74, 6) is -1.98. The predicted octanol–water partition coefficient (Wildman–Crippen LogP) is 1.51. The molecule has 19 heavy (non-hydrogen) atoms. The van der Waals surface area contributed by atoms with Crippen LogP contribution >= 0.6 is 0 Å². The molecule has 0 aliphatic rings. The summed E-state index contributed by atoms with van der Waals surface area (Å²) >= 11 is 0. The summed E-state index contributed by atoms with van der Waals surface area (Å²) in [6, 6.07) is 4.57. The molecule has 0 radical (unpaired) electrons. The van der Waals surface area contributed by atoms with Gasteiger partial charge in [0.2, 0.25) is 0 Å². The lowest BCUT2D eigenvalue weighted by Crippen LogP contribution is -2.26. The Morgan fingerprint density at radius 3 is 2.58 bits per heavy atom. The highest BCUT2D eigenvalue weighted by atomic mass is 32.2. The molecule has 5 nitrogen and oxygen atoms in total. The second-order valence-electron chi connectivity index (χ2n) is 3.93. The summed E-state index contributed by atoms with van der Waals surface area (Å²) in [6.45, 7) is -0.0709. The molecular formula is C11H11F2N3O2S. The van der Waals surface area contributed by atoms with E-state index in [1.165, 1.54) is 25.4 Å². The largest absolute Gasteiger partial charge is 0.266 e. The van der Waals surface area contributed by atoms with E-state index in [1.807, 2.05) is 0 Å². The van der Waals surface area contributed by atoms with Crippen LogP contribution in [0.1, 0.15) is 5.56 Å². The first-order valence-electron chi connectivity index (χ1n) is 5.31. The van der Waals surface area contributed by atoms with Crippen LogP contribution in [0, 0.1) is 11.6 Å². The lowest BCUT2D eigenvalue weighted by molar-refractivity contribution is 0.459. The molecule has 0 spiro atoms. The van der Waals surface area contributed by atoms with Crippen LogP contribution in [0.25, 0.3) is 0 Å². The Kier molecular flexibility index (Phi) is 3.63. The minimum absolute atomic E-state index is 0.0578. The summed E-state index contributed by atoms with van der Waals surface area (Å²) in [7, 11) is -2.37. The van der Waals surface area contributed by atoms with Crippen LogP contribution in [0.4, 0.5) is 8.78 Å². The number of nitrogens with one attached hydrogen (secondary N) is 1. The summed E-state index contributed by atoms with van der Waals surface area (Å²) in [6.07, 6.45) is 1.32. The first-order valence-corrected chi connectivity index (χ1v) is 6.75. The number of benzene rings is 1. The second-order valence-corrected chi connectivity index (χ2v) is 5.94. The van der Waals surface area contributed by atoms with Crippen LogP contribution in [0.15, 0.2) is 35.5 Å². The van der Waals surface area contributed by atoms with E-state index in [0.717, 1.165) is 16.4 Å². The van der Waals surface area contributed by atoms with Gasteiger partial charge < -0.3 is 0 Å². The number of halogens is 2. The highest BCUT2D eigenvalue weighted by Gasteiger charge is 2.22. The first-order chi connectivity index (χ1) is 8.91. The zero-order chi connectivity index (χ0) is 14.0. The molecule has 0 unspecified atom stereocenters. The Bertz CT molecular complexity index is 671. The van der Waals surface area contributed by atoms with E-state index >= 15 is 0 Å². The lowest BCUT2D eigenvalue weighted by atomic mass is 10.2. The Hall–Kier alpha value is -1.80. The lowest BCUT2D eigenvalue weighted by Gasteiger charge is -2.15. The Balaban J connectivity index is 2.21. The smallest absolute Gasteiger partial charge is 0.260 e.